The molecular weight excluding hydrogens is 314 g/mol. The van der Waals surface area contributed by atoms with E-state index in [9.17, 15) is 0 Å². The highest BCUT2D eigenvalue weighted by Crippen LogP contribution is 2.20. The number of anilines is 1. The summed E-state index contributed by atoms with van der Waals surface area (Å²) in [5, 5.41) is 8.71. The van der Waals surface area contributed by atoms with E-state index in [2.05, 4.69) is 44.2 Å². The quantitative estimate of drug-likeness (QED) is 0.729. The van der Waals surface area contributed by atoms with Crippen molar-refractivity contribution in [2.75, 3.05) is 37.6 Å². The van der Waals surface area contributed by atoms with Gasteiger partial charge in [-0.05, 0) is 12.0 Å². The Balaban J connectivity index is 1.57. The summed E-state index contributed by atoms with van der Waals surface area (Å²) in [6, 6.07) is 10.3. The molecule has 3 aromatic rings. The Morgan fingerprint density at radius 2 is 1.88 bits per heavy atom. The van der Waals surface area contributed by atoms with Crippen LogP contribution in [0, 0.1) is 0 Å². The first kappa shape index (κ1) is 16.0. The SMILES string of the molecule is CCC[NH+]1CCN(c2ncnc3c2nnn3Cc2ccccc2)CC1. The van der Waals surface area contributed by atoms with Crippen LogP contribution in [0.5, 0.6) is 0 Å². The Labute approximate surface area is 147 Å². The Kier molecular flexibility index (Phi) is 4.56. The van der Waals surface area contributed by atoms with Crippen LogP contribution in [0.1, 0.15) is 18.9 Å². The molecule has 0 atom stereocenters. The van der Waals surface area contributed by atoms with Crippen molar-refractivity contribution in [3.8, 4) is 0 Å². The Morgan fingerprint density at radius 1 is 1.08 bits per heavy atom. The van der Waals surface area contributed by atoms with E-state index in [1.807, 2.05) is 22.9 Å². The van der Waals surface area contributed by atoms with Crippen molar-refractivity contribution in [3.63, 3.8) is 0 Å². The van der Waals surface area contributed by atoms with Gasteiger partial charge in [0.25, 0.3) is 0 Å². The molecule has 1 fully saturated rings. The Morgan fingerprint density at radius 3 is 2.64 bits per heavy atom. The summed E-state index contributed by atoms with van der Waals surface area (Å²) < 4.78 is 1.86. The van der Waals surface area contributed by atoms with E-state index in [4.69, 9.17) is 0 Å². The van der Waals surface area contributed by atoms with Gasteiger partial charge in [-0.3, -0.25) is 0 Å². The molecule has 0 spiro atoms. The van der Waals surface area contributed by atoms with E-state index in [-0.39, 0.29) is 0 Å². The van der Waals surface area contributed by atoms with Gasteiger partial charge in [0, 0.05) is 0 Å². The zero-order chi connectivity index (χ0) is 17.1. The fraction of sp³-hybridized carbons (Fsp3) is 0.444. The van der Waals surface area contributed by atoms with Gasteiger partial charge in [0.2, 0.25) is 0 Å². The van der Waals surface area contributed by atoms with E-state index < -0.39 is 0 Å². The van der Waals surface area contributed by atoms with Crippen LogP contribution in [0.2, 0.25) is 0 Å². The normalized spacial score (nSPS) is 15.8. The largest absolute Gasteiger partial charge is 0.343 e. The van der Waals surface area contributed by atoms with Gasteiger partial charge in [-0.2, -0.15) is 0 Å². The number of aromatic nitrogens is 5. The number of quaternary nitrogens is 1. The summed E-state index contributed by atoms with van der Waals surface area (Å²) in [6.45, 7) is 8.48. The number of hydrogen-bond acceptors (Lipinski definition) is 5. The monoisotopic (exact) mass is 338 g/mol. The van der Waals surface area contributed by atoms with Crippen LogP contribution in [-0.4, -0.2) is 57.7 Å². The van der Waals surface area contributed by atoms with Crippen LogP contribution >= 0.6 is 0 Å². The number of benzene rings is 1. The molecule has 2 aromatic heterocycles. The first-order chi connectivity index (χ1) is 12.3. The molecule has 1 aliphatic rings. The van der Waals surface area contributed by atoms with Gasteiger partial charge in [-0.25, -0.2) is 14.6 Å². The third kappa shape index (κ3) is 3.32. The molecule has 7 nitrogen and oxygen atoms in total. The second kappa shape index (κ2) is 7.14. The average Bonchev–Trinajstić information content (AvgIpc) is 3.07. The van der Waals surface area contributed by atoms with Crippen LogP contribution in [0.15, 0.2) is 36.7 Å². The molecule has 0 aliphatic carbocycles. The number of fused-ring (bicyclic) bond motifs is 1. The molecule has 0 bridgehead atoms. The summed E-state index contributed by atoms with van der Waals surface area (Å²) in [7, 11) is 0. The number of nitrogens with one attached hydrogen (secondary N) is 1. The minimum atomic E-state index is 0.669. The zero-order valence-corrected chi connectivity index (χ0v) is 14.6. The fourth-order valence-corrected chi connectivity index (χ4v) is 3.51. The van der Waals surface area contributed by atoms with Gasteiger partial charge in [-0.1, -0.05) is 42.5 Å². The molecule has 1 saturated heterocycles. The lowest BCUT2D eigenvalue weighted by Gasteiger charge is -2.32. The Bertz CT molecular complexity index is 822. The molecule has 0 saturated carbocycles. The second-order valence-electron chi connectivity index (χ2n) is 6.59. The van der Waals surface area contributed by atoms with E-state index in [1.165, 1.54) is 18.5 Å². The molecule has 0 amide bonds. The first-order valence-electron chi connectivity index (χ1n) is 9.02. The lowest BCUT2D eigenvalue weighted by Crippen LogP contribution is -3.14. The standard InChI is InChI=1S/C18H23N7/c1-2-8-23-9-11-24(12-10-23)17-16-18(20-14-19-17)25(22-21-16)13-15-6-4-3-5-7-15/h3-7,14H,2,8-13H2,1H3/p+1. The van der Waals surface area contributed by atoms with Crippen molar-refractivity contribution in [3.05, 3.63) is 42.2 Å². The molecule has 25 heavy (non-hydrogen) atoms. The fourth-order valence-electron chi connectivity index (χ4n) is 3.51. The van der Waals surface area contributed by atoms with E-state index in [1.54, 1.807) is 11.2 Å². The summed E-state index contributed by atoms with van der Waals surface area (Å²) in [6.07, 6.45) is 2.87. The van der Waals surface area contributed by atoms with Crippen LogP contribution < -0.4 is 9.80 Å². The molecule has 1 N–H and O–H groups in total. The lowest BCUT2D eigenvalue weighted by atomic mass is 10.2. The minimum absolute atomic E-state index is 0.669. The first-order valence-corrected chi connectivity index (χ1v) is 9.02. The van der Waals surface area contributed by atoms with Gasteiger partial charge in [-0.15, -0.1) is 5.10 Å². The maximum atomic E-state index is 4.51. The Hall–Kier alpha value is -2.54. The van der Waals surface area contributed by atoms with Gasteiger partial charge >= 0.3 is 0 Å². The van der Waals surface area contributed by atoms with Crippen LogP contribution in [-0.2, 0) is 6.54 Å². The highest BCUT2D eigenvalue weighted by atomic mass is 15.4. The van der Waals surface area contributed by atoms with Gasteiger partial charge in [0.1, 0.15) is 6.33 Å². The van der Waals surface area contributed by atoms with Gasteiger partial charge in [0.05, 0.1) is 39.3 Å². The molecule has 7 heteroatoms. The molecular formula is C18H24N7+. The van der Waals surface area contributed by atoms with Crippen molar-refractivity contribution < 1.29 is 4.90 Å². The molecule has 3 heterocycles. The molecule has 1 aliphatic heterocycles. The van der Waals surface area contributed by atoms with Gasteiger partial charge < -0.3 is 9.80 Å². The molecule has 0 unspecified atom stereocenters. The summed E-state index contributed by atoms with van der Waals surface area (Å²) in [5.74, 6) is 0.917. The third-order valence-electron chi connectivity index (χ3n) is 4.83. The summed E-state index contributed by atoms with van der Waals surface area (Å²) >= 11 is 0. The van der Waals surface area contributed by atoms with Crippen molar-refractivity contribution in [2.45, 2.75) is 19.9 Å². The predicted molar refractivity (Wildman–Crippen MR) is 96.7 cm³/mol. The molecule has 130 valence electrons. The van der Waals surface area contributed by atoms with E-state index in [0.29, 0.717) is 6.54 Å². The highest BCUT2D eigenvalue weighted by molar-refractivity contribution is 5.82. The highest BCUT2D eigenvalue weighted by Gasteiger charge is 2.23. The van der Waals surface area contributed by atoms with Crippen molar-refractivity contribution in [1.82, 2.24) is 25.0 Å². The van der Waals surface area contributed by atoms with E-state index >= 15 is 0 Å². The topological polar surface area (TPSA) is 64.2 Å². The number of piperazine rings is 1. The summed E-state index contributed by atoms with van der Waals surface area (Å²) in [4.78, 5) is 12.9. The minimum Gasteiger partial charge on any atom is -0.343 e. The predicted octanol–water partition coefficient (Wildman–Crippen LogP) is 0.385. The second-order valence-corrected chi connectivity index (χ2v) is 6.59. The number of hydrogen-bond donors (Lipinski definition) is 1. The smallest absolute Gasteiger partial charge is 0.184 e. The van der Waals surface area contributed by atoms with E-state index in [0.717, 1.165) is 43.2 Å². The lowest BCUT2D eigenvalue weighted by molar-refractivity contribution is -0.900. The van der Waals surface area contributed by atoms with Crippen molar-refractivity contribution in [1.29, 1.82) is 0 Å². The molecule has 4 rings (SSSR count). The van der Waals surface area contributed by atoms with Crippen LogP contribution in [0.4, 0.5) is 5.82 Å². The zero-order valence-electron chi connectivity index (χ0n) is 14.6. The number of nitrogens with zero attached hydrogens (tertiary/aromatic N) is 6. The summed E-state index contributed by atoms with van der Waals surface area (Å²) in [5.41, 5.74) is 2.79. The maximum Gasteiger partial charge on any atom is 0.184 e. The molecule has 1 aromatic carbocycles. The maximum absolute atomic E-state index is 4.51. The van der Waals surface area contributed by atoms with Crippen LogP contribution in [0.25, 0.3) is 11.2 Å². The van der Waals surface area contributed by atoms with Crippen molar-refractivity contribution in [2.24, 2.45) is 0 Å². The van der Waals surface area contributed by atoms with Crippen LogP contribution in [0.3, 0.4) is 0 Å². The molecule has 0 radical (unpaired) electrons. The van der Waals surface area contributed by atoms with Crippen molar-refractivity contribution >= 4 is 17.0 Å². The van der Waals surface area contributed by atoms with Gasteiger partial charge in [0.15, 0.2) is 17.0 Å². The average molecular weight is 338 g/mol. The third-order valence-corrected chi connectivity index (χ3v) is 4.83. The number of rotatable bonds is 5.